The van der Waals surface area contributed by atoms with Crippen LogP contribution in [0.2, 0.25) is 0 Å². The molecule has 2 aromatic carbocycles. The highest BCUT2D eigenvalue weighted by Gasteiger charge is 2.24. The number of quaternary nitrogens is 1. The zero-order valence-corrected chi connectivity index (χ0v) is 13.1. The maximum absolute atomic E-state index is 5.97. The molecule has 1 heterocycles. The second-order valence-corrected chi connectivity index (χ2v) is 6.71. The quantitative estimate of drug-likeness (QED) is 0.911. The lowest BCUT2D eigenvalue weighted by atomic mass is 9.92. The second-order valence-electron chi connectivity index (χ2n) is 6.71. The average molecular weight is 284 g/mol. The summed E-state index contributed by atoms with van der Waals surface area (Å²) >= 11 is 0. The Balaban J connectivity index is 1.54. The molecule has 0 aliphatic carbocycles. The SMILES string of the molecule is C[C@@H]1C[C@H](C)C[NH+](CCOc2ccc3ccccc3c2)C1. The zero-order chi connectivity index (χ0) is 14.7. The van der Waals surface area contributed by atoms with Crippen molar-refractivity contribution in [2.45, 2.75) is 20.3 Å². The molecule has 2 aromatic rings. The van der Waals surface area contributed by atoms with Crippen LogP contribution in [0, 0.1) is 11.8 Å². The number of likely N-dealkylation sites (tertiary alicyclic amines) is 1. The Bertz CT molecular complexity index is 585. The molecular weight excluding hydrogens is 258 g/mol. The molecule has 0 saturated carbocycles. The van der Waals surface area contributed by atoms with Crippen LogP contribution in [0.1, 0.15) is 20.3 Å². The maximum atomic E-state index is 5.97. The van der Waals surface area contributed by atoms with E-state index in [9.17, 15) is 0 Å². The smallest absolute Gasteiger partial charge is 0.137 e. The molecule has 0 aromatic heterocycles. The van der Waals surface area contributed by atoms with Crippen LogP contribution in [0.15, 0.2) is 42.5 Å². The molecule has 0 amide bonds. The van der Waals surface area contributed by atoms with Crippen LogP contribution in [0.4, 0.5) is 0 Å². The van der Waals surface area contributed by atoms with Crippen molar-refractivity contribution in [3.63, 3.8) is 0 Å². The Morgan fingerprint density at radius 1 is 1.00 bits per heavy atom. The lowest BCUT2D eigenvalue weighted by Gasteiger charge is -2.31. The van der Waals surface area contributed by atoms with Crippen LogP contribution in [0.25, 0.3) is 10.8 Å². The summed E-state index contributed by atoms with van der Waals surface area (Å²) in [6, 6.07) is 14.8. The third kappa shape index (κ3) is 3.76. The predicted octanol–water partition coefficient (Wildman–Crippen LogP) is 2.78. The van der Waals surface area contributed by atoms with Crippen molar-refractivity contribution in [1.29, 1.82) is 0 Å². The summed E-state index contributed by atoms with van der Waals surface area (Å²) in [5.41, 5.74) is 0. The standard InChI is InChI=1S/C19H25NO/c1-15-11-16(2)14-20(13-15)9-10-21-19-8-7-17-5-3-4-6-18(17)12-19/h3-8,12,15-16H,9-11,13-14H2,1-2H3/p+1/t15-,16+. The van der Waals surface area contributed by atoms with Gasteiger partial charge < -0.3 is 9.64 Å². The molecule has 3 rings (SSSR count). The molecule has 0 spiro atoms. The van der Waals surface area contributed by atoms with E-state index in [2.05, 4.69) is 56.3 Å². The Labute approximate surface area is 127 Å². The predicted molar refractivity (Wildman–Crippen MR) is 88.0 cm³/mol. The van der Waals surface area contributed by atoms with E-state index >= 15 is 0 Å². The number of fused-ring (bicyclic) bond motifs is 1. The molecular formula is C19H26NO+. The van der Waals surface area contributed by atoms with Gasteiger partial charge in [-0.15, -0.1) is 0 Å². The first-order valence-corrected chi connectivity index (χ1v) is 8.16. The highest BCUT2D eigenvalue weighted by Crippen LogP contribution is 2.20. The zero-order valence-electron chi connectivity index (χ0n) is 13.1. The highest BCUT2D eigenvalue weighted by molar-refractivity contribution is 5.83. The summed E-state index contributed by atoms with van der Waals surface area (Å²) in [5, 5.41) is 2.52. The number of hydrogen-bond donors (Lipinski definition) is 1. The van der Waals surface area contributed by atoms with Gasteiger partial charge in [0, 0.05) is 11.8 Å². The number of benzene rings is 2. The first-order chi connectivity index (χ1) is 10.2. The molecule has 1 aliphatic heterocycles. The molecule has 3 atom stereocenters. The van der Waals surface area contributed by atoms with E-state index in [0.717, 1.165) is 30.7 Å². The van der Waals surface area contributed by atoms with Gasteiger partial charge in [-0.1, -0.05) is 44.2 Å². The van der Waals surface area contributed by atoms with E-state index in [1.807, 2.05) is 0 Å². The molecule has 1 saturated heterocycles. The van der Waals surface area contributed by atoms with Crippen molar-refractivity contribution < 1.29 is 9.64 Å². The Kier molecular flexibility index (Phi) is 4.45. The maximum Gasteiger partial charge on any atom is 0.137 e. The van der Waals surface area contributed by atoms with Gasteiger partial charge in [0.05, 0.1) is 13.1 Å². The largest absolute Gasteiger partial charge is 0.488 e. The number of hydrogen-bond acceptors (Lipinski definition) is 1. The average Bonchev–Trinajstić information content (AvgIpc) is 2.46. The summed E-state index contributed by atoms with van der Waals surface area (Å²) in [6.45, 7) is 9.27. The fourth-order valence-corrected chi connectivity index (χ4v) is 3.70. The minimum Gasteiger partial charge on any atom is -0.488 e. The molecule has 0 radical (unpaired) electrons. The Hall–Kier alpha value is -1.54. The van der Waals surface area contributed by atoms with Crippen LogP contribution in [0.5, 0.6) is 5.75 Å². The summed E-state index contributed by atoms with van der Waals surface area (Å²) < 4.78 is 5.97. The molecule has 1 unspecified atom stereocenters. The normalized spacial score (nSPS) is 25.9. The molecule has 2 nitrogen and oxygen atoms in total. The molecule has 21 heavy (non-hydrogen) atoms. The third-order valence-corrected chi connectivity index (χ3v) is 4.52. The van der Waals surface area contributed by atoms with Gasteiger partial charge in [-0.3, -0.25) is 0 Å². The lowest BCUT2D eigenvalue weighted by Crippen LogP contribution is -3.14. The van der Waals surface area contributed by atoms with Gasteiger partial charge in [0.15, 0.2) is 0 Å². The van der Waals surface area contributed by atoms with Gasteiger partial charge in [0.1, 0.15) is 18.9 Å². The second kappa shape index (κ2) is 6.48. The Morgan fingerprint density at radius 2 is 1.71 bits per heavy atom. The van der Waals surface area contributed by atoms with Gasteiger partial charge >= 0.3 is 0 Å². The van der Waals surface area contributed by atoms with Crippen molar-refractivity contribution in [2.75, 3.05) is 26.2 Å². The topological polar surface area (TPSA) is 13.7 Å². The van der Waals surface area contributed by atoms with Crippen molar-refractivity contribution in [3.05, 3.63) is 42.5 Å². The summed E-state index contributed by atoms with van der Waals surface area (Å²) in [7, 11) is 0. The van der Waals surface area contributed by atoms with Crippen molar-refractivity contribution in [3.8, 4) is 5.75 Å². The molecule has 1 fully saturated rings. The minimum absolute atomic E-state index is 0.813. The fourth-order valence-electron chi connectivity index (χ4n) is 3.70. The molecule has 2 heteroatoms. The Morgan fingerprint density at radius 3 is 2.48 bits per heavy atom. The van der Waals surface area contributed by atoms with Gasteiger partial charge in [-0.25, -0.2) is 0 Å². The lowest BCUT2D eigenvalue weighted by molar-refractivity contribution is -0.912. The van der Waals surface area contributed by atoms with Crippen LogP contribution in [0.3, 0.4) is 0 Å². The summed E-state index contributed by atoms with van der Waals surface area (Å²) in [6.07, 6.45) is 1.38. The van der Waals surface area contributed by atoms with Gasteiger partial charge in [0.25, 0.3) is 0 Å². The summed E-state index contributed by atoms with van der Waals surface area (Å²) in [5.74, 6) is 2.69. The number of ether oxygens (including phenoxy) is 1. The van der Waals surface area contributed by atoms with E-state index < -0.39 is 0 Å². The highest BCUT2D eigenvalue weighted by atomic mass is 16.5. The van der Waals surface area contributed by atoms with E-state index in [1.54, 1.807) is 4.90 Å². The number of rotatable bonds is 4. The molecule has 1 N–H and O–H groups in total. The van der Waals surface area contributed by atoms with Crippen LogP contribution in [-0.4, -0.2) is 26.2 Å². The van der Waals surface area contributed by atoms with Crippen molar-refractivity contribution >= 4 is 10.8 Å². The molecule has 1 aliphatic rings. The van der Waals surface area contributed by atoms with Gasteiger partial charge in [-0.05, 0) is 29.3 Å². The molecule has 112 valence electrons. The van der Waals surface area contributed by atoms with E-state index in [1.165, 1.54) is 30.3 Å². The van der Waals surface area contributed by atoms with E-state index in [0.29, 0.717) is 0 Å². The van der Waals surface area contributed by atoms with Crippen molar-refractivity contribution in [1.82, 2.24) is 0 Å². The number of piperidine rings is 1. The van der Waals surface area contributed by atoms with Gasteiger partial charge in [0.2, 0.25) is 0 Å². The van der Waals surface area contributed by atoms with Gasteiger partial charge in [-0.2, -0.15) is 0 Å². The van der Waals surface area contributed by atoms with Crippen LogP contribution < -0.4 is 9.64 Å². The number of nitrogens with one attached hydrogen (secondary N) is 1. The van der Waals surface area contributed by atoms with Crippen LogP contribution in [-0.2, 0) is 0 Å². The third-order valence-electron chi connectivity index (χ3n) is 4.52. The van der Waals surface area contributed by atoms with E-state index in [4.69, 9.17) is 4.74 Å². The molecule has 0 bridgehead atoms. The van der Waals surface area contributed by atoms with Crippen molar-refractivity contribution in [2.24, 2.45) is 11.8 Å². The minimum atomic E-state index is 0.813. The first-order valence-electron chi connectivity index (χ1n) is 8.16. The fraction of sp³-hybridized carbons (Fsp3) is 0.474. The first kappa shape index (κ1) is 14.4. The monoisotopic (exact) mass is 284 g/mol. The van der Waals surface area contributed by atoms with Crippen LogP contribution >= 0.6 is 0 Å². The summed E-state index contributed by atoms with van der Waals surface area (Å²) in [4.78, 5) is 1.70. The van der Waals surface area contributed by atoms with E-state index in [-0.39, 0.29) is 0 Å².